The lowest BCUT2D eigenvalue weighted by atomic mass is 9.96. The Balaban J connectivity index is 2.40. The van der Waals surface area contributed by atoms with Crippen molar-refractivity contribution in [1.82, 2.24) is 0 Å². The van der Waals surface area contributed by atoms with Crippen molar-refractivity contribution in [2.45, 2.75) is 44.6 Å². The fourth-order valence-electron chi connectivity index (χ4n) is 1.45. The number of rotatable bonds is 3. The molecule has 4 heteroatoms. The highest BCUT2D eigenvalue weighted by Crippen LogP contribution is 2.21. The van der Waals surface area contributed by atoms with Crippen molar-refractivity contribution in [3.63, 3.8) is 0 Å². The molecule has 12 heavy (non-hydrogen) atoms. The molecule has 0 aromatic heterocycles. The van der Waals surface area contributed by atoms with Crippen LogP contribution >= 0.6 is 0 Å². The summed E-state index contributed by atoms with van der Waals surface area (Å²) in [6.07, 6.45) is 1.00. The first kappa shape index (κ1) is 10.0. The summed E-state index contributed by atoms with van der Waals surface area (Å²) in [7, 11) is 5.61. The highest BCUT2D eigenvalue weighted by atomic mass is 16.6. The Bertz CT molecular complexity index is 143. The first-order valence-electron chi connectivity index (χ1n) is 4.40. The Labute approximate surface area is 75.0 Å². The summed E-state index contributed by atoms with van der Waals surface area (Å²) in [6, 6.07) is -0.206. The molecule has 3 nitrogen and oxygen atoms in total. The van der Waals surface area contributed by atoms with Crippen molar-refractivity contribution in [2.75, 3.05) is 6.54 Å². The molecular weight excluding hydrogens is 153 g/mol. The maximum atomic E-state index is 5.61. The van der Waals surface area contributed by atoms with E-state index in [1.165, 1.54) is 0 Å². The van der Waals surface area contributed by atoms with Gasteiger partial charge in [0.05, 0.1) is 18.3 Å². The lowest BCUT2D eigenvalue weighted by Gasteiger charge is -2.19. The SMILES string of the molecule is [B][C@H]1C[C@@H](OC(C)C)[C@@H](CN)O1. The van der Waals surface area contributed by atoms with Crippen LogP contribution in [0.15, 0.2) is 0 Å². The summed E-state index contributed by atoms with van der Waals surface area (Å²) in [4.78, 5) is 0. The van der Waals surface area contributed by atoms with Crippen LogP contribution in [0.5, 0.6) is 0 Å². The zero-order chi connectivity index (χ0) is 9.14. The summed E-state index contributed by atoms with van der Waals surface area (Å²) in [6.45, 7) is 4.47. The van der Waals surface area contributed by atoms with Crippen LogP contribution in [-0.2, 0) is 9.47 Å². The van der Waals surface area contributed by atoms with Gasteiger partial charge in [-0.25, -0.2) is 0 Å². The third kappa shape index (κ3) is 2.47. The van der Waals surface area contributed by atoms with E-state index in [1.807, 2.05) is 13.8 Å². The van der Waals surface area contributed by atoms with E-state index in [-0.39, 0.29) is 24.3 Å². The van der Waals surface area contributed by atoms with Crippen molar-refractivity contribution in [2.24, 2.45) is 5.73 Å². The van der Waals surface area contributed by atoms with E-state index < -0.39 is 0 Å². The van der Waals surface area contributed by atoms with Gasteiger partial charge in [-0.2, -0.15) is 0 Å². The quantitative estimate of drug-likeness (QED) is 0.605. The molecule has 2 N–H and O–H groups in total. The Morgan fingerprint density at radius 2 is 2.33 bits per heavy atom. The van der Waals surface area contributed by atoms with Crippen molar-refractivity contribution in [1.29, 1.82) is 0 Å². The molecule has 3 atom stereocenters. The molecule has 1 heterocycles. The van der Waals surface area contributed by atoms with Gasteiger partial charge in [-0.05, 0) is 20.3 Å². The van der Waals surface area contributed by atoms with E-state index in [1.54, 1.807) is 0 Å². The van der Waals surface area contributed by atoms with Gasteiger partial charge in [-0.1, -0.05) is 0 Å². The molecule has 68 valence electrons. The van der Waals surface area contributed by atoms with Crippen molar-refractivity contribution in [3.8, 4) is 0 Å². The van der Waals surface area contributed by atoms with Crippen molar-refractivity contribution in [3.05, 3.63) is 0 Å². The first-order valence-corrected chi connectivity index (χ1v) is 4.40. The molecule has 0 spiro atoms. The second kappa shape index (κ2) is 4.26. The molecule has 0 aliphatic carbocycles. The average molecular weight is 169 g/mol. The molecule has 2 radical (unpaired) electrons. The van der Waals surface area contributed by atoms with E-state index in [4.69, 9.17) is 23.1 Å². The number of ether oxygens (including phenoxy) is 2. The number of hydrogen-bond donors (Lipinski definition) is 1. The monoisotopic (exact) mass is 169 g/mol. The topological polar surface area (TPSA) is 44.5 Å². The van der Waals surface area contributed by atoms with E-state index in [0.717, 1.165) is 6.42 Å². The van der Waals surface area contributed by atoms with Crippen LogP contribution in [0.1, 0.15) is 20.3 Å². The summed E-state index contributed by atoms with van der Waals surface area (Å²) in [5.41, 5.74) is 5.50. The van der Waals surface area contributed by atoms with Gasteiger partial charge in [0, 0.05) is 12.5 Å². The molecule has 0 unspecified atom stereocenters. The second-order valence-electron chi connectivity index (χ2n) is 3.41. The maximum absolute atomic E-state index is 5.61. The van der Waals surface area contributed by atoms with Gasteiger partial charge >= 0.3 is 0 Å². The Morgan fingerprint density at radius 3 is 2.83 bits per heavy atom. The van der Waals surface area contributed by atoms with Crippen LogP contribution in [0.3, 0.4) is 0 Å². The molecule has 1 fully saturated rings. The predicted octanol–water partition coefficient (Wildman–Crippen LogP) is 0.0222. The summed E-state index contributed by atoms with van der Waals surface area (Å²) in [5.74, 6) is 0. The normalized spacial score (nSPS) is 36.2. The van der Waals surface area contributed by atoms with Crippen LogP contribution in [-0.4, -0.2) is 38.7 Å². The average Bonchev–Trinajstić information content (AvgIpc) is 2.29. The van der Waals surface area contributed by atoms with Crippen LogP contribution in [0.25, 0.3) is 0 Å². The summed E-state index contributed by atoms with van der Waals surface area (Å²) in [5, 5.41) is 0. The van der Waals surface area contributed by atoms with E-state index in [0.29, 0.717) is 6.54 Å². The van der Waals surface area contributed by atoms with Crippen LogP contribution in [0.4, 0.5) is 0 Å². The Kier molecular flexibility index (Phi) is 3.56. The zero-order valence-corrected chi connectivity index (χ0v) is 7.69. The fourth-order valence-corrected chi connectivity index (χ4v) is 1.45. The number of nitrogens with two attached hydrogens (primary N) is 1. The smallest absolute Gasteiger partial charge is 0.109 e. The highest BCUT2D eigenvalue weighted by Gasteiger charge is 2.32. The van der Waals surface area contributed by atoms with Gasteiger partial charge < -0.3 is 15.2 Å². The lowest BCUT2D eigenvalue weighted by Crippen LogP contribution is -2.33. The molecule has 0 aromatic rings. The molecule has 1 saturated heterocycles. The predicted molar refractivity (Wildman–Crippen MR) is 48.1 cm³/mol. The standard InChI is InChI=1S/C8H16BNO2/c1-5(2)11-6-3-8(9)12-7(6)4-10/h5-8H,3-4,10H2,1-2H3/t6-,7-,8-/m1/s1. The summed E-state index contributed by atoms with van der Waals surface area (Å²) < 4.78 is 11.0. The molecule has 0 bridgehead atoms. The molecule has 1 rings (SSSR count). The van der Waals surface area contributed by atoms with Crippen molar-refractivity contribution >= 4 is 7.85 Å². The molecule has 0 saturated carbocycles. The Hall–Kier alpha value is -0.0551. The van der Waals surface area contributed by atoms with Gasteiger partial charge in [0.25, 0.3) is 0 Å². The maximum Gasteiger partial charge on any atom is 0.109 e. The third-order valence-electron chi connectivity index (χ3n) is 1.91. The number of hydrogen-bond acceptors (Lipinski definition) is 3. The fraction of sp³-hybridized carbons (Fsp3) is 1.00. The molecular formula is C8H16BNO2. The third-order valence-corrected chi connectivity index (χ3v) is 1.91. The van der Waals surface area contributed by atoms with E-state index in [2.05, 4.69) is 0 Å². The summed E-state index contributed by atoms with van der Waals surface area (Å²) >= 11 is 0. The van der Waals surface area contributed by atoms with Crippen LogP contribution < -0.4 is 5.73 Å². The molecule has 1 aliphatic heterocycles. The Morgan fingerprint density at radius 1 is 1.67 bits per heavy atom. The second-order valence-corrected chi connectivity index (χ2v) is 3.41. The first-order chi connectivity index (χ1) is 5.63. The van der Waals surface area contributed by atoms with Gasteiger partial charge in [0.2, 0.25) is 0 Å². The molecule has 1 aliphatic rings. The van der Waals surface area contributed by atoms with Crippen molar-refractivity contribution < 1.29 is 9.47 Å². The minimum absolute atomic E-state index is 0.0256. The van der Waals surface area contributed by atoms with Crippen LogP contribution in [0.2, 0.25) is 0 Å². The highest BCUT2D eigenvalue weighted by molar-refractivity contribution is 6.11. The van der Waals surface area contributed by atoms with E-state index in [9.17, 15) is 0 Å². The zero-order valence-electron chi connectivity index (χ0n) is 7.69. The minimum atomic E-state index is -0.206. The largest absolute Gasteiger partial charge is 0.381 e. The van der Waals surface area contributed by atoms with Gasteiger partial charge in [0.1, 0.15) is 7.85 Å². The van der Waals surface area contributed by atoms with E-state index >= 15 is 0 Å². The molecule has 0 aromatic carbocycles. The molecule has 0 amide bonds. The lowest BCUT2D eigenvalue weighted by molar-refractivity contribution is -0.0358. The van der Waals surface area contributed by atoms with Gasteiger partial charge in [-0.3, -0.25) is 0 Å². The van der Waals surface area contributed by atoms with Gasteiger partial charge in [0.15, 0.2) is 0 Å². The van der Waals surface area contributed by atoms with Gasteiger partial charge in [-0.15, -0.1) is 0 Å². The van der Waals surface area contributed by atoms with Crippen LogP contribution in [0, 0.1) is 0 Å². The minimum Gasteiger partial charge on any atom is -0.381 e.